The Hall–Kier alpha value is -1.59. The number of nitrogens with zero attached hydrogens (tertiary/aromatic N) is 1. The monoisotopic (exact) mass is 376 g/mol. The van der Waals surface area contributed by atoms with Crippen LogP contribution in [0, 0.1) is 5.92 Å². The minimum atomic E-state index is -0.812. The summed E-state index contributed by atoms with van der Waals surface area (Å²) in [5.74, 6) is 1.12. The zero-order chi connectivity index (χ0) is 19.7. The van der Waals surface area contributed by atoms with Crippen molar-refractivity contribution in [3.8, 4) is 5.75 Å². The molecular formula is C22H36N2O3. The molecule has 1 fully saturated rings. The van der Waals surface area contributed by atoms with Crippen molar-refractivity contribution in [1.82, 2.24) is 4.90 Å². The van der Waals surface area contributed by atoms with Gasteiger partial charge in [0.2, 0.25) is 0 Å². The molecule has 1 heterocycles. The van der Waals surface area contributed by atoms with Crippen molar-refractivity contribution >= 4 is 11.6 Å². The van der Waals surface area contributed by atoms with Crippen molar-refractivity contribution in [3.05, 3.63) is 24.3 Å². The van der Waals surface area contributed by atoms with Gasteiger partial charge in [0.05, 0.1) is 6.61 Å². The second kappa shape index (κ2) is 10.7. The standard InChI is InChI=1S/C22H36N2O3/c1-5-27-22(4,17-18(2)3)21(25)23-19-9-11-20(12-10-19)26-16-8-15-24-13-6-7-14-24/h9-12,18H,5-8,13-17H2,1-4H3,(H,23,25)/t22-/m1/s1. The quantitative estimate of drug-likeness (QED) is 0.584. The molecule has 152 valence electrons. The third-order valence-electron chi connectivity index (χ3n) is 4.94. The number of hydrogen-bond donors (Lipinski definition) is 1. The van der Waals surface area contributed by atoms with Gasteiger partial charge in [0.1, 0.15) is 11.4 Å². The first-order valence-electron chi connectivity index (χ1n) is 10.3. The average Bonchev–Trinajstić information content (AvgIpc) is 3.13. The normalized spacial score (nSPS) is 17.1. The topological polar surface area (TPSA) is 50.8 Å². The summed E-state index contributed by atoms with van der Waals surface area (Å²) in [5, 5.41) is 2.98. The Balaban J connectivity index is 1.80. The van der Waals surface area contributed by atoms with Crippen LogP contribution < -0.4 is 10.1 Å². The highest BCUT2D eigenvalue weighted by atomic mass is 16.5. The second-order valence-corrected chi connectivity index (χ2v) is 7.99. The second-order valence-electron chi connectivity index (χ2n) is 7.99. The zero-order valence-corrected chi connectivity index (χ0v) is 17.4. The molecule has 5 nitrogen and oxygen atoms in total. The van der Waals surface area contributed by atoms with E-state index in [-0.39, 0.29) is 5.91 Å². The van der Waals surface area contributed by atoms with Gasteiger partial charge in [-0.3, -0.25) is 4.79 Å². The molecule has 27 heavy (non-hydrogen) atoms. The first kappa shape index (κ1) is 21.7. The summed E-state index contributed by atoms with van der Waals surface area (Å²) in [5.41, 5.74) is -0.0488. The number of rotatable bonds is 11. The summed E-state index contributed by atoms with van der Waals surface area (Å²) in [6.07, 6.45) is 4.38. The molecule has 1 atom stereocenters. The first-order valence-corrected chi connectivity index (χ1v) is 10.3. The van der Waals surface area contributed by atoms with E-state index in [0.717, 1.165) is 31.0 Å². The van der Waals surface area contributed by atoms with Crippen LogP contribution in [0.1, 0.15) is 53.4 Å². The van der Waals surface area contributed by atoms with Gasteiger partial charge in [0, 0.05) is 18.8 Å². The maximum absolute atomic E-state index is 12.7. The van der Waals surface area contributed by atoms with Crippen molar-refractivity contribution in [1.29, 1.82) is 0 Å². The Morgan fingerprint density at radius 1 is 1.22 bits per heavy atom. The fraction of sp³-hybridized carbons (Fsp3) is 0.682. The lowest BCUT2D eigenvalue weighted by molar-refractivity contribution is -0.140. The van der Waals surface area contributed by atoms with E-state index < -0.39 is 5.60 Å². The van der Waals surface area contributed by atoms with Gasteiger partial charge in [0.25, 0.3) is 5.91 Å². The Morgan fingerprint density at radius 3 is 2.48 bits per heavy atom. The Kier molecular flexibility index (Phi) is 8.58. The van der Waals surface area contributed by atoms with Crippen LogP contribution in [0.25, 0.3) is 0 Å². The lowest BCUT2D eigenvalue weighted by Crippen LogP contribution is -2.43. The van der Waals surface area contributed by atoms with Gasteiger partial charge >= 0.3 is 0 Å². The summed E-state index contributed by atoms with van der Waals surface area (Å²) < 4.78 is 11.6. The van der Waals surface area contributed by atoms with Crippen LogP contribution in [-0.4, -0.2) is 49.3 Å². The summed E-state index contributed by atoms with van der Waals surface area (Å²) in [6, 6.07) is 7.59. The number of anilines is 1. The molecule has 1 N–H and O–H groups in total. The molecule has 1 saturated heterocycles. The number of ether oxygens (including phenoxy) is 2. The molecular weight excluding hydrogens is 340 g/mol. The van der Waals surface area contributed by atoms with Crippen LogP contribution in [0.4, 0.5) is 5.69 Å². The zero-order valence-electron chi connectivity index (χ0n) is 17.4. The third-order valence-corrected chi connectivity index (χ3v) is 4.94. The van der Waals surface area contributed by atoms with E-state index in [4.69, 9.17) is 9.47 Å². The molecule has 0 bridgehead atoms. The highest BCUT2D eigenvalue weighted by Crippen LogP contribution is 2.24. The molecule has 1 aromatic rings. The molecule has 0 unspecified atom stereocenters. The summed E-state index contributed by atoms with van der Waals surface area (Å²) in [6.45, 7) is 12.8. The molecule has 1 aliphatic rings. The van der Waals surface area contributed by atoms with E-state index in [1.54, 1.807) is 0 Å². The molecule has 0 saturated carbocycles. The van der Waals surface area contributed by atoms with Gasteiger partial charge in [-0.2, -0.15) is 0 Å². The number of carbonyl (C=O) groups is 1. The Labute approximate surface area is 164 Å². The van der Waals surface area contributed by atoms with Crippen LogP contribution in [0.2, 0.25) is 0 Å². The van der Waals surface area contributed by atoms with E-state index >= 15 is 0 Å². The molecule has 0 aromatic heterocycles. The number of nitrogens with one attached hydrogen (secondary N) is 1. The van der Waals surface area contributed by atoms with Crippen LogP contribution >= 0.6 is 0 Å². The Bertz CT molecular complexity index is 567. The SMILES string of the molecule is CCO[C@](C)(CC(C)C)C(=O)Nc1ccc(OCCCN2CCCC2)cc1. The lowest BCUT2D eigenvalue weighted by Gasteiger charge is -2.29. The van der Waals surface area contributed by atoms with Crippen molar-refractivity contribution < 1.29 is 14.3 Å². The first-order chi connectivity index (χ1) is 12.9. The molecule has 1 aromatic carbocycles. The van der Waals surface area contributed by atoms with E-state index in [1.165, 1.54) is 25.9 Å². The van der Waals surface area contributed by atoms with Gasteiger partial charge in [-0.1, -0.05) is 13.8 Å². The van der Waals surface area contributed by atoms with Crippen LogP contribution in [-0.2, 0) is 9.53 Å². The number of likely N-dealkylation sites (tertiary alicyclic amines) is 1. The van der Waals surface area contributed by atoms with E-state index in [0.29, 0.717) is 18.9 Å². The van der Waals surface area contributed by atoms with Crippen molar-refractivity contribution in [2.45, 2.75) is 59.0 Å². The fourth-order valence-electron chi connectivity index (χ4n) is 3.70. The van der Waals surface area contributed by atoms with Crippen molar-refractivity contribution in [2.75, 3.05) is 38.2 Å². The predicted octanol–water partition coefficient (Wildman–Crippen LogP) is 4.33. The molecule has 0 radical (unpaired) electrons. The van der Waals surface area contributed by atoms with E-state index in [1.807, 2.05) is 38.1 Å². The minimum Gasteiger partial charge on any atom is -0.494 e. The van der Waals surface area contributed by atoms with Crippen molar-refractivity contribution in [2.24, 2.45) is 5.92 Å². The van der Waals surface area contributed by atoms with Gasteiger partial charge in [-0.15, -0.1) is 0 Å². The molecule has 2 rings (SSSR count). The van der Waals surface area contributed by atoms with Crippen LogP contribution in [0.15, 0.2) is 24.3 Å². The summed E-state index contributed by atoms with van der Waals surface area (Å²) >= 11 is 0. The van der Waals surface area contributed by atoms with E-state index in [9.17, 15) is 4.79 Å². The van der Waals surface area contributed by atoms with Crippen molar-refractivity contribution in [3.63, 3.8) is 0 Å². The fourth-order valence-corrected chi connectivity index (χ4v) is 3.70. The van der Waals surface area contributed by atoms with E-state index in [2.05, 4.69) is 24.1 Å². The largest absolute Gasteiger partial charge is 0.494 e. The van der Waals surface area contributed by atoms with Gasteiger partial charge in [-0.05, 0) is 82.8 Å². The van der Waals surface area contributed by atoms with Crippen LogP contribution in [0.3, 0.4) is 0 Å². The molecule has 5 heteroatoms. The maximum atomic E-state index is 12.7. The summed E-state index contributed by atoms with van der Waals surface area (Å²) in [4.78, 5) is 15.2. The Morgan fingerprint density at radius 2 is 1.89 bits per heavy atom. The van der Waals surface area contributed by atoms with Gasteiger partial charge in [-0.25, -0.2) is 0 Å². The smallest absolute Gasteiger partial charge is 0.256 e. The number of benzene rings is 1. The third kappa shape index (κ3) is 7.15. The van der Waals surface area contributed by atoms with Gasteiger partial charge < -0.3 is 19.7 Å². The number of amides is 1. The van der Waals surface area contributed by atoms with Gasteiger partial charge in [0.15, 0.2) is 0 Å². The summed E-state index contributed by atoms with van der Waals surface area (Å²) in [7, 11) is 0. The highest BCUT2D eigenvalue weighted by molar-refractivity contribution is 5.97. The minimum absolute atomic E-state index is 0.0997. The lowest BCUT2D eigenvalue weighted by atomic mass is 9.93. The molecule has 1 amide bonds. The molecule has 1 aliphatic heterocycles. The highest BCUT2D eigenvalue weighted by Gasteiger charge is 2.34. The molecule has 0 aliphatic carbocycles. The number of hydrogen-bond acceptors (Lipinski definition) is 4. The van der Waals surface area contributed by atoms with Crippen LogP contribution in [0.5, 0.6) is 5.75 Å². The maximum Gasteiger partial charge on any atom is 0.256 e. The average molecular weight is 377 g/mol. The predicted molar refractivity (Wildman–Crippen MR) is 110 cm³/mol. The number of carbonyl (C=O) groups excluding carboxylic acids is 1. The molecule has 0 spiro atoms.